The molecule has 0 bridgehead atoms. The molecule has 0 aromatic heterocycles. The highest BCUT2D eigenvalue weighted by Gasteiger charge is 2.17. The molecule has 1 aliphatic heterocycles. The molecule has 3 heteroatoms. The monoisotopic (exact) mass is 276 g/mol. The van der Waals surface area contributed by atoms with Crippen LogP contribution in [-0.2, 0) is 12.0 Å². The molecule has 1 fully saturated rings. The molecule has 20 heavy (non-hydrogen) atoms. The second-order valence-electron chi connectivity index (χ2n) is 6.79. The summed E-state index contributed by atoms with van der Waals surface area (Å²) in [6.45, 7) is 13.2. The zero-order chi connectivity index (χ0) is 14.6. The average Bonchev–Trinajstić information content (AvgIpc) is 2.41. The Balaban J connectivity index is 1.85. The highest BCUT2D eigenvalue weighted by atomic mass is 16.3. The standard InChI is InChI=1S/C17H28N2O/c1-17(2,3)16-6-4-15(5-7-16)14-19-10-8-18(9-11-19)12-13-20/h4-7,20H,8-14H2,1-3H3. The summed E-state index contributed by atoms with van der Waals surface area (Å²) >= 11 is 0. The van der Waals surface area contributed by atoms with E-state index < -0.39 is 0 Å². The van der Waals surface area contributed by atoms with Gasteiger partial charge in [0.05, 0.1) is 6.61 Å². The molecule has 0 amide bonds. The third kappa shape index (κ3) is 4.30. The van der Waals surface area contributed by atoms with Crippen molar-refractivity contribution >= 4 is 0 Å². The van der Waals surface area contributed by atoms with Crippen LogP contribution in [0.2, 0.25) is 0 Å². The maximum absolute atomic E-state index is 8.96. The number of β-amino-alcohol motifs (C(OH)–C–C–N with tert-alkyl or cyclic N) is 1. The fraction of sp³-hybridized carbons (Fsp3) is 0.647. The van der Waals surface area contributed by atoms with E-state index in [1.165, 1.54) is 11.1 Å². The zero-order valence-electron chi connectivity index (χ0n) is 13.1. The van der Waals surface area contributed by atoms with E-state index in [0.717, 1.165) is 39.3 Å². The zero-order valence-corrected chi connectivity index (χ0v) is 13.1. The highest BCUT2D eigenvalue weighted by molar-refractivity contribution is 5.27. The molecule has 112 valence electrons. The Bertz CT molecular complexity index is 400. The van der Waals surface area contributed by atoms with Crippen LogP contribution < -0.4 is 0 Å². The number of rotatable bonds is 4. The third-order valence-corrected chi connectivity index (χ3v) is 4.11. The molecule has 1 aromatic rings. The molecule has 1 heterocycles. The molecule has 0 unspecified atom stereocenters. The topological polar surface area (TPSA) is 26.7 Å². The number of benzene rings is 1. The Hall–Kier alpha value is -0.900. The molecule has 3 nitrogen and oxygen atoms in total. The van der Waals surface area contributed by atoms with Gasteiger partial charge in [-0.15, -0.1) is 0 Å². The maximum Gasteiger partial charge on any atom is 0.0558 e. The normalized spacial score (nSPS) is 18.4. The van der Waals surface area contributed by atoms with Gasteiger partial charge in [0, 0.05) is 39.3 Å². The SMILES string of the molecule is CC(C)(C)c1ccc(CN2CCN(CCO)CC2)cc1. The lowest BCUT2D eigenvalue weighted by Gasteiger charge is -2.34. The first kappa shape index (κ1) is 15.5. The van der Waals surface area contributed by atoms with Gasteiger partial charge in [0.25, 0.3) is 0 Å². The number of nitrogens with zero attached hydrogens (tertiary/aromatic N) is 2. The van der Waals surface area contributed by atoms with Crippen molar-refractivity contribution in [3.05, 3.63) is 35.4 Å². The van der Waals surface area contributed by atoms with E-state index in [9.17, 15) is 0 Å². The van der Waals surface area contributed by atoms with E-state index in [1.54, 1.807) is 0 Å². The van der Waals surface area contributed by atoms with Gasteiger partial charge >= 0.3 is 0 Å². The molecule has 0 aliphatic carbocycles. The average molecular weight is 276 g/mol. The van der Waals surface area contributed by atoms with Crippen molar-refractivity contribution < 1.29 is 5.11 Å². The van der Waals surface area contributed by atoms with Gasteiger partial charge in [-0.25, -0.2) is 0 Å². The van der Waals surface area contributed by atoms with E-state index in [0.29, 0.717) is 0 Å². The maximum atomic E-state index is 8.96. The minimum Gasteiger partial charge on any atom is -0.395 e. The van der Waals surface area contributed by atoms with E-state index in [4.69, 9.17) is 5.11 Å². The number of aliphatic hydroxyl groups excluding tert-OH is 1. The summed E-state index contributed by atoms with van der Waals surface area (Å²) in [4.78, 5) is 4.83. The largest absolute Gasteiger partial charge is 0.395 e. The Labute approximate surface area is 123 Å². The number of piperazine rings is 1. The summed E-state index contributed by atoms with van der Waals surface area (Å²) in [6, 6.07) is 9.05. The minimum absolute atomic E-state index is 0.231. The van der Waals surface area contributed by atoms with Crippen LogP contribution in [0.4, 0.5) is 0 Å². The fourth-order valence-corrected chi connectivity index (χ4v) is 2.68. The van der Waals surface area contributed by atoms with Gasteiger partial charge in [-0.1, -0.05) is 45.0 Å². The summed E-state index contributed by atoms with van der Waals surface area (Å²) in [7, 11) is 0. The van der Waals surface area contributed by atoms with Crippen LogP contribution in [0.3, 0.4) is 0 Å². The van der Waals surface area contributed by atoms with Crippen molar-refractivity contribution in [3.8, 4) is 0 Å². The lowest BCUT2D eigenvalue weighted by molar-refractivity contribution is 0.108. The predicted molar refractivity (Wildman–Crippen MR) is 83.9 cm³/mol. The molecule has 0 radical (unpaired) electrons. The predicted octanol–water partition coefficient (Wildman–Crippen LogP) is 2.09. The van der Waals surface area contributed by atoms with Gasteiger partial charge in [0.2, 0.25) is 0 Å². The summed E-state index contributed by atoms with van der Waals surface area (Å²) in [5.74, 6) is 0. The first-order valence-corrected chi connectivity index (χ1v) is 7.64. The van der Waals surface area contributed by atoms with Crippen molar-refractivity contribution in [3.63, 3.8) is 0 Å². The first-order valence-electron chi connectivity index (χ1n) is 7.64. The van der Waals surface area contributed by atoms with Crippen LogP contribution >= 0.6 is 0 Å². The van der Waals surface area contributed by atoms with Crippen LogP contribution in [0.1, 0.15) is 31.9 Å². The summed E-state index contributed by atoms with van der Waals surface area (Å²) in [5, 5.41) is 8.96. The van der Waals surface area contributed by atoms with Gasteiger partial charge in [-0.3, -0.25) is 9.80 Å². The second-order valence-corrected chi connectivity index (χ2v) is 6.79. The van der Waals surface area contributed by atoms with E-state index in [2.05, 4.69) is 54.8 Å². The molecule has 0 atom stereocenters. The van der Waals surface area contributed by atoms with Crippen LogP contribution in [0.5, 0.6) is 0 Å². The smallest absolute Gasteiger partial charge is 0.0558 e. The van der Waals surface area contributed by atoms with Crippen molar-refractivity contribution in [2.45, 2.75) is 32.7 Å². The van der Waals surface area contributed by atoms with Crippen LogP contribution in [0, 0.1) is 0 Å². The first-order chi connectivity index (χ1) is 9.49. The summed E-state index contributed by atoms with van der Waals surface area (Å²) in [5.41, 5.74) is 3.02. The van der Waals surface area contributed by atoms with Crippen molar-refractivity contribution in [1.29, 1.82) is 0 Å². The highest BCUT2D eigenvalue weighted by Crippen LogP contribution is 2.22. The molecular formula is C17H28N2O. The minimum atomic E-state index is 0.231. The number of hydrogen-bond donors (Lipinski definition) is 1. The Morgan fingerprint density at radius 2 is 1.50 bits per heavy atom. The Kier molecular flexibility index (Phi) is 5.19. The number of hydrogen-bond acceptors (Lipinski definition) is 3. The lowest BCUT2D eigenvalue weighted by Crippen LogP contribution is -2.46. The van der Waals surface area contributed by atoms with Gasteiger partial charge in [0.15, 0.2) is 0 Å². The van der Waals surface area contributed by atoms with Gasteiger partial charge in [-0.2, -0.15) is 0 Å². The van der Waals surface area contributed by atoms with Crippen LogP contribution in [0.15, 0.2) is 24.3 Å². The third-order valence-electron chi connectivity index (χ3n) is 4.11. The molecule has 0 spiro atoms. The van der Waals surface area contributed by atoms with Crippen molar-refractivity contribution in [2.75, 3.05) is 39.3 Å². The summed E-state index contributed by atoms with van der Waals surface area (Å²) in [6.07, 6.45) is 0. The van der Waals surface area contributed by atoms with E-state index >= 15 is 0 Å². The van der Waals surface area contributed by atoms with E-state index in [1.807, 2.05) is 0 Å². The molecule has 1 aromatic carbocycles. The molecule has 1 aliphatic rings. The quantitative estimate of drug-likeness (QED) is 0.912. The number of aliphatic hydroxyl groups is 1. The van der Waals surface area contributed by atoms with Crippen molar-refractivity contribution in [2.24, 2.45) is 0 Å². The molecule has 0 saturated carbocycles. The summed E-state index contributed by atoms with van der Waals surface area (Å²) < 4.78 is 0. The van der Waals surface area contributed by atoms with Crippen LogP contribution in [-0.4, -0.2) is 54.2 Å². The fourth-order valence-electron chi connectivity index (χ4n) is 2.68. The van der Waals surface area contributed by atoms with Gasteiger partial charge < -0.3 is 5.11 Å². The lowest BCUT2D eigenvalue weighted by atomic mass is 9.87. The van der Waals surface area contributed by atoms with Crippen molar-refractivity contribution in [1.82, 2.24) is 9.80 Å². The molecular weight excluding hydrogens is 248 g/mol. The molecule has 2 rings (SSSR count). The van der Waals surface area contributed by atoms with E-state index in [-0.39, 0.29) is 12.0 Å². The second kappa shape index (κ2) is 6.70. The molecule has 1 N–H and O–H groups in total. The van der Waals surface area contributed by atoms with Crippen LogP contribution in [0.25, 0.3) is 0 Å². The molecule has 1 saturated heterocycles. The Morgan fingerprint density at radius 1 is 0.950 bits per heavy atom. The Morgan fingerprint density at radius 3 is 2.00 bits per heavy atom. The van der Waals surface area contributed by atoms with Gasteiger partial charge in [0.1, 0.15) is 0 Å². The van der Waals surface area contributed by atoms with Gasteiger partial charge in [-0.05, 0) is 16.5 Å².